The van der Waals surface area contributed by atoms with Crippen molar-refractivity contribution in [1.82, 2.24) is 0 Å². The summed E-state index contributed by atoms with van der Waals surface area (Å²) in [6.07, 6.45) is 1.73. The molecule has 1 aliphatic rings. The molecule has 0 spiro atoms. The van der Waals surface area contributed by atoms with E-state index in [2.05, 4.69) is 0 Å². The van der Waals surface area contributed by atoms with Crippen LogP contribution >= 0.6 is 23.2 Å². The van der Waals surface area contributed by atoms with E-state index in [0.717, 1.165) is 11.1 Å². The molecule has 0 saturated heterocycles. The fourth-order valence-electron chi connectivity index (χ4n) is 2.75. The molecule has 0 bridgehead atoms. The third kappa shape index (κ3) is 3.85. The predicted octanol–water partition coefficient (Wildman–Crippen LogP) is 6.19. The van der Waals surface area contributed by atoms with Crippen molar-refractivity contribution in [2.75, 3.05) is 0 Å². The number of benzene rings is 3. The molecule has 3 nitrogen and oxygen atoms in total. The molecule has 1 aliphatic heterocycles. The van der Waals surface area contributed by atoms with Crippen molar-refractivity contribution in [3.05, 3.63) is 99.2 Å². The van der Waals surface area contributed by atoms with Crippen molar-refractivity contribution in [3.63, 3.8) is 0 Å². The van der Waals surface area contributed by atoms with E-state index in [1.54, 1.807) is 36.4 Å². The SMILES string of the molecule is O=C1/C(=C/c2ccccc2)Oc2cc(OCc3ccc(Cl)c(Cl)c3)ccc21. The van der Waals surface area contributed by atoms with Gasteiger partial charge in [-0.3, -0.25) is 4.79 Å². The van der Waals surface area contributed by atoms with Crippen molar-refractivity contribution < 1.29 is 14.3 Å². The lowest BCUT2D eigenvalue weighted by Crippen LogP contribution is -1.97. The molecule has 0 N–H and O–H groups in total. The van der Waals surface area contributed by atoms with Crippen LogP contribution < -0.4 is 9.47 Å². The van der Waals surface area contributed by atoms with Crippen LogP contribution in [0.25, 0.3) is 6.08 Å². The minimum absolute atomic E-state index is 0.134. The topological polar surface area (TPSA) is 35.5 Å². The van der Waals surface area contributed by atoms with Gasteiger partial charge < -0.3 is 9.47 Å². The van der Waals surface area contributed by atoms with E-state index in [4.69, 9.17) is 32.7 Å². The maximum Gasteiger partial charge on any atom is 0.231 e. The van der Waals surface area contributed by atoms with Crippen LogP contribution in [0.4, 0.5) is 0 Å². The van der Waals surface area contributed by atoms with Crippen molar-refractivity contribution in [2.45, 2.75) is 6.61 Å². The van der Waals surface area contributed by atoms with Gasteiger partial charge in [-0.1, -0.05) is 59.6 Å². The Morgan fingerprint density at radius 3 is 2.52 bits per heavy atom. The Balaban J connectivity index is 1.50. The fraction of sp³-hybridized carbons (Fsp3) is 0.0455. The first kappa shape index (κ1) is 17.7. The van der Waals surface area contributed by atoms with Crippen molar-refractivity contribution >= 4 is 35.1 Å². The quantitative estimate of drug-likeness (QED) is 0.493. The van der Waals surface area contributed by atoms with Crippen LogP contribution in [0.1, 0.15) is 21.5 Å². The summed E-state index contributed by atoms with van der Waals surface area (Å²) in [7, 11) is 0. The van der Waals surface area contributed by atoms with E-state index in [0.29, 0.717) is 39.5 Å². The van der Waals surface area contributed by atoms with E-state index in [9.17, 15) is 4.79 Å². The molecule has 0 aliphatic carbocycles. The summed E-state index contributed by atoms with van der Waals surface area (Å²) in [5.41, 5.74) is 2.33. The maximum absolute atomic E-state index is 12.5. The molecular weight excluding hydrogens is 383 g/mol. The number of ketones is 1. The molecule has 0 fully saturated rings. The molecule has 3 aromatic carbocycles. The highest BCUT2D eigenvalue weighted by Crippen LogP contribution is 2.35. The predicted molar refractivity (Wildman–Crippen MR) is 107 cm³/mol. The molecule has 0 amide bonds. The first-order valence-electron chi connectivity index (χ1n) is 8.30. The number of hydrogen-bond acceptors (Lipinski definition) is 3. The molecule has 27 heavy (non-hydrogen) atoms. The normalized spacial score (nSPS) is 14.1. The number of ether oxygens (including phenoxy) is 2. The number of allylic oxidation sites excluding steroid dienone is 1. The van der Waals surface area contributed by atoms with Gasteiger partial charge in [-0.15, -0.1) is 0 Å². The second-order valence-electron chi connectivity index (χ2n) is 6.05. The Kier molecular flexibility index (Phi) is 4.88. The zero-order valence-corrected chi connectivity index (χ0v) is 15.6. The van der Waals surface area contributed by atoms with Gasteiger partial charge >= 0.3 is 0 Å². The molecule has 0 unspecified atom stereocenters. The minimum Gasteiger partial charge on any atom is -0.489 e. The molecule has 134 valence electrons. The average molecular weight is 397 g/mol. The van der Waals surface area contributed by atoms with Gasteiger partial charge in [-0.2, -0.15) is 0 Å². The van der Waals surface area contributed by atoms with Gasteiger partial charge in [-0.25, -0.2) is 0 Å². The number of halogens is 2. The third-order valence-electron chi connectivity index (χ3n) is 4.13. The van der Waals surface area contributed by atoms with E-state index in [1.807, 2.05) is 36.4 Å². The van der Waals surface area contributed by atoms with Gasteiger partial charge in [0.05, 0.1) is 15.6 Å². The van der Waals surface area contributed by atoms with Crippen molar-refractivity contribution in [1.29, 1.82) is 0 Å². The number of Topliss-reactive ketones (excluding diaryl/α,β-unsaturated/α-hetero) is 1. The molecule has 5 heteroatoms. The van der Waals surface area contributed by atoms with Crippen molar-refractivity contribution in [2.24, 2.45) is 0 Å². The largest absolute Gasteiger partial charge is 0.489 e. The van der Waals surface area contributed by atoms with E-state index >= 15 is 0 Å². The molecule has 4 rings (SSSR count). The Morgan fingerprint density at radius 1 is 0.926 bits per heavy atom. The van der Waals surface area contributed by atoms with E-state index in [-0.39, 0.29) is 5.78 Å². The second kappa shape index (κ2) is 7.47. The van der Waals surface area contributed by atoms with Crippen LogP contribution in [0, 0.1) is 0 Å². The summed E-state index contributed by atoms with van der Waals surface area (Å²) in [6.45, 7) is 0.330. The molecule has 3 aromatic rings. The Hall–Kier alpha value is -2.75. The monoisotopic (exact) mass is 396 g/mol. The van der Waals surface area contributed by atoms with Gasteiger partial charge in [0.25, 0.3) is 0 Å². The maximum atomic E-state index is 12.5. The van der Waals surface area contributed by atoms with Crippen molar-refractivity contribution in [3.8, 4) is 11.5 Å². The minimum atomic E-state index is -0.134. The lowest BCUT2D eigenvalue weighted by Gasteiger charge is -2.08. The second-order valence-corrected chi connectivity index (χ2v) is 6.86. The summed E-state index contributed by atoms with van der Waals surface area (Å²) in [5.74, 6) is 1.27. The number of fused-ring (bicyclic) bond motifs is 1. The summed E-state index contributed by atoms with van der Waals surface area (Å²) in [5, 5.41) is 0.985. The van der Waals surface area contributed by atoms with Crippen LogP contribution in [0.3, 0.4) is 0 Å². The zero-order valence-electron chi connectivity index (χ0n) is 14.1. The first-order valence-corrected chi connectivity index (χ1v) is 9.06. The standard InChI is InChI=1S/C22H14Cl2O3/c23-18-9-6-15(10-19(18)24)13-26-16-7-8-17-20(12-16)27-21(22(17)25)11-14-4-2-1-3-5-14/h1-12H,13H2/b21-11-. The number of carbonyl (C=O) groups is 1. The number of carbonyl (C=O) groups excluding carboxylic acids is 1. The van der Waals surface area contributed by atoms with Gasteiger partial charge in [0.15, 0.2) is 5.76 Å². The molecule has 0 aromatic heterocycles. The highest BCUT2D eigenvalue weighted by atomic mass is 35.5. The van der Waals surface area contributed by atoms with Gasteiger partial charge in [0.2, 0.25) is 5.78 Å². The van der Waals surface area contributed by atoms with E-state index in [1.165, 1.54) is 0 Å². The Morgan fingerprint density at radius 2 is 1.74 bits per heavy atom. The molecule has 0 saturated carbocycles. The highest BCUT2D eigenvalue weighted by Gasteiger charge is 2.27. The molecule has 0 radical (unpaired) electrons. The summed E-state index contributed by atoms with van der Waals surface area (Å²) >= 11 is 11.9. The summed E-state index contributed by atoms with van der Waals surface area (Å²) in [4.78, 5) is 12.5. The molecule has 1 heterocycles. The lowest BCUT2D eigenvalue weighted by atomic mass is 10.1. The van der Waals surface area contributed by atoms with Gasteiger partial charge in [0, 0.05) is 6.07 Å². The smallest absolute Gasteiger partial charge is 0.231 e. The average Bonchev–Trinajstić information content (AvgIpc) is 2.98. The lowest BCUT2D eigenvalue weighted by molar-refractivity contribution is 0.101. The summed E-state index contributed by atoms with van der Waals surface area (Å²) < 4.78 is 11.5. The van der Waals surface area contributed by atoms with Crippen LogP contribution in [0.5, 0.6) is 11.5 Å². The van der Waals surface area contributed by atoms with Crippen LogP contribution in [-0.4, -0.2) is 5.78 Å². The van der Waals surface area contributed by atoms with Crippen LogP contribution in [0.15, 0.2) is 72.5 Å². The zero-order chi connectivity index (χ0) is 18.8. The van der Waals surface area contributed by atoms with Gasteiger partial charge in [-0.05, 0) is 41.5 Å². The third-order valence-corrected chi connectivity index (χ3v) is 4.87. The number of hydrogen-bond donors (Lipinski definition) is 0. The number of rotatable bonds is 4. The van der Waals surface area contributed by atoms with Gasteiger partial charge in [0.1, 0.15) is 18.1 Å². The van der Waals surface area contributed by atoms with Crippen LogP contribution in [0.2, 0.25) is 10.0 Å². The Bertz CT molecular complexity index is 1040. The van der Waals surface area contributed by atoms with Crippen LogP contribution in [-0.2, 0) is 6.61 Å². The van der Waals surface area contributed by atoms with E-state index < -0.39 is 0 Å². The molecule has 0 atom stereocenters. The molecular formula is C22H14Cl2O3. The highest BCUT2D eigenvalue weighted by molar-refractivity contribution is 6.42. The first-order chi connectivity index (χ1) is 13.1. The fourth-order valence-corrected chi connectivity index (χ4v) is 3.07. The summed E-state index contributed by atoms with van der Waals surface area (Å²) in [6, 6.07) is 20.1. The Labute approximate surface area is 166 Å².